The highest BCUT2D eigenvalue weighted by molar-refractivity contribution is 5.88. The van der Waals surface area contributed by atoms with Crippen molar-refractivity contribution in [1.29, 1.82) is 5.26 Å². The number of carbonyl (C=O) groups excluding carboxylic acids is 1. The van der Waals surface area contributed by atoms with Crippen molar-refractivity contribution in [2.45, 2.75) is 37.8 Å². The Morgan fingerprint density at radius 1 is 1.16 bits per heavy atom. The Hall–Kier alpha value is -3.14. The summed E-state index contributed by atoms with van der Waals surface area (Å²) >= 11 is 0. The molecule has 2 heterocycles. The molecule has 3 rings (SSSR count). The predicted molar refractivity (Wildman–Crippen MR) is 92.0 cm³/mol. The molecule has 2 aromatic rings. The second-order valence-electron chi connectivity index (χ2n) is 5.90. The van der Waals surface area contributed by atoms with Crippen molar-refractivity contribution in [2.75, 3.05) is 5.32 Å². The van der Waals surface area contributed by atoms with Crippen LogP contribution < -0.4 is 15.4 Å². The van der Waals surface area contributed by atoms with Gasteiger partial charge in [0, 0.05) is 24.5 Å². The smallest absolute Gasteiger partial charge is 0.320 e. The number of nitrogens with zero attached hydrogens (tertiary/aromatic N) is 3. The van der Waals surface area contributed by atoms with E-state index in [1.54, 1.807) is 30.5 Å². The summed E-state index contributed by atoms with van der Waals surface area (Å²) in [7, 11) is 0. The molecule has 7 nitrogen and oxygen atoms in total. The number of nitrogens with one attached hydrogen (secondary N) is 2. The Morgan fingerprint density at radius 2 is 2.00 bits per heavy atom. The molecule has 2 N–H and O–H groups in total. The predicted octanol–water partition coefficient (Wildman–Crippen LogP) is 2.86. The van der Waals surface area contributed by atoms with Crippen LogP contribution in [0.2, 0.25) is 0 Å². The number of urea groups is 1. The maximum absolute atomic E-state index is 12.0. The molecular weight excluding hydrogens is 318 g/mol. The minimum absolute atomic E-state index is 0.0809. The van der Waals surface area contributed by atoms with E-state index in [0.29, 0.717) is 17.3 Å². The molecule has 0 unspecified atom stereocenters. The van der Waals surface area contributed by atoms with E-state index >= 15 is 0 Å². The number of pyridine rings is 2. The van der Waals surface area contributed by atoms with Gasteiger partial charge in [-0.15, -0.1) is 0 Å². The first-order valence-electron chi connectivity index (χ1n) is 8.24. The van der Waals surface area contributed by atoms with Crippen LogP contribution in [0, 0.1) is 11.3 Å². The average Bonchev–Trinajstić information content (AvgIpc) is 2.65. The molecule has 1 saturated carbocycles. The Balaban J connectivity index is 1.42. The molecule has 0 aromatic carbocycles. The minimum Gasteiger partial charge on any atom is -0.474 e. The molecule has 0 radical (unpaired) electrons. The molecule has 128 valence electrons. The van der Waals surface area contributed by atoms with Gasteiger partial charge < -0.3 is 10.1 Å². The third-order valence-corrected chi connectivity index (χ3v) is 4.07. The number of amides is 2. The average molecular weight is 337 g/mol. The van der Waals surface area contributed by atoms with E-state index in [4.69, 9.17) is 10.00 Å². The van der Waals surface area contributed by atoms with Gasteiger partial charge in [-0.2, -0.15) is 5.26 Å². The van der Waals surface area contributed by atoms with Crippen molar-refractivity contribution in [3.8, 4) is 11.9 Å². The van der Waals surface area contributed by atoms with Crippen LogP contribution in [0.3, 0.4) is 0 Å². The SMILES string of the molecule is N#Cc1ccc(OC2CCC(NC(=O)Nc3ccccn3)CC2)nc1. The Kier molecular flexibility index (Phi) is 5.42. The first-order valence-corrected chi connectivity index (χ1v) is 8.24. The minimum atomic E-state index is -0.239. The van der Waals surface area contributed by atoms with Gasteiger partial charge >= 0.3 is 6.03 Å². The van der Waals surface area contributed by atoms with Crippen LogP contribution in [0.5, 0.6) is 5.88 Å². The second-order valence-corrected chi connectivity index (χ2v) is 5.90. The van der Waals surface area contributed by atoms with Crippen LogP contribution in [-0.2, 0) is 0 Å². The molecule has 0 atom stereocenters. The van der Waals surface area contributed by atoms with Crippen molar-refractivity contribution >= 4 is 11.8 Å². The summed E-state index contributed by atoms with van der Waals surface area (Å²) in [4.78, 5) is 20.2. The zero-order valence-corrected chi connectivity index (χ0v) is 13.7. The Bertz CT molecular complexity index is 734. The molecule has 2 amide bonds. The summed E-state index contributed by atoms with van der Waals surface area (Å²) in [6, 6.07) is 10.7. The van der Waals surface area contributed by atoms with Crippen LogP contribution in [0.1, 0.15) is 31.2 Å². The van der Waals surface area contributed by atoms with E-state index in [1.165, 1.54) is 6.20 Å². The van der Waals surface area contributed by atoms with Crippen LogP contribution in [-0.4, -0.2) is 28.1 Å². The highest BCUT2D eigenvalue weighted by Crippen LogP contribution is 2.23. The van der Waals surface area contributed by atoms with Crippen LogP contribution in [0.4, 0.5) is 10.6 Å². The molecule has 1 fully saturated rings. The lowest BCUT2D eigenvalue weighted by Gasteiger charge is -2.29. The summed E-state index contributed by atoms with van der Waals surface area (Å²) in [5.41, 5.74) is 0.513. The number of nitriles is 1. The molecule has 2 aromatic heterocycles. The van der Waals surface area contributed by atoms with Crippen molar-refractivity contribution in [3.05, 3.63) is 48.3 Å². The first kappa shape index (κ1) is 16.7. The summed E-state index contributed by atoms with van der Waals surface area (Å²) in [5.74, 6) is 1.06. The van der Waals surface area contributed by atoms with E-state index in [0.717, 1.165) is 25.7 Å². The van der Waals surface area contributed by atoms with Gasteiger partial charge in [0.25, 0.3) is 0 Å². The Labute approximate surface area is 146 Å². The van der Waals surface area contributed by atoms with E-state index < -0.39 is 0 Å². The number of aromatic nitrogens is 2. The highest BCUT2D eigenvalue weighted by Gasteiger charge is 2.24. The normalized spacial score (nSPS) is 19.5. The lowest BCUT2D eigenvalue weighted by molar-refractivity contribution is 0.135. The maximum atomic E-state index is 12.0. The highest BCUT2D eigenvalue weighted by atomic mass is 16.5. The standard InChI is InChI=1S/C18H19N5O2/c19-11-13-4-9-17(21-12-13)25-15-7-5-14(6-8-15)22-18(24)23-16-3-1-2-10-20-16/h1-4,9-10,12,14-15H,5-8H2,(H2,20,22,23,24). The van der Waals surface area contributed by atoms with E-state index in [1.807, 2.05) is 12.1 Å². The molecule has 0 aliphatic heterocycles. The monoisotopic (exact) mass is 337 g/mol. The molecule has 25 heavy (non-hydrogen) atoms. The van der Waals surface area contributed by atoms with Crippen molar-refractivity contribution in [3.63, 3.8) is 0 Å². The van der Waals surface area contributed by atoms with Crippen molar-refractivity contribution in [1.82, 2.24) is 15.3 Å². The first-order chi connectivity index (χ1) is 12.2. The largest absolute Gasteiger partial charge is 0.474 e. The molecular formula is C18H19N5O2. The van der Waals surface area contributed by atoms with Crippen LogP contribution in [0.25, 0.3) is 0 Å². The van der Waals surface area contributed by atoms with E-state index in [-0.39, 0.29) is 18.2 Å². The summed E-state index contributed by atoms with van der Waals surface area (Å²) in [6.07, 6.45) is 6.59. The van der Waals surface area contributed by atoms with Gasteiger partial charge in [-0.1, -0.05) is 6.07 Å². The molecule has 1 aliphatic carbocycles. The van der Waals surface area contributed by atoms with Gasteiger partial charge in [-0.25, -0.2) is 14.8 Å². The van der Waals surface area contributed by atoms with Gasteiger partial charge in [-0.3, -0.25) is 5.32 Å². The third-order valence-electron chi connectivity index (χ3n) is 4.07. The van der Waals surface area contributed by atoms with E-state index in [2.05, 4.69) is 20.6 Å². The zero-order valence-electron chi connectivity index (χ0n) is 13.7. The van der Waals surface area contributed by atoms with Gasteiger partial charge in [0.05, 0.1) is 5.56 Å². The molecule has 7 heteroatoms. The lowest BCUT2D eigenvalue weighted by atomic mass is 9.93. The summed E-state index contributed by atoms with van der Waals surface area (Å²) in [5, 5.41) is 14.5. The maximum Gasteiger partial charge on any atom is 0.320 e. The number of ether oxygens (including phenoxy) is 1. The molecule has 0 spiro atoms. The molecule has 0 bridgehead atoms. The van der Waals surface area contributed by atoms with Crippen LogP contribution >= 0.6 is 0 Å². The van der Waals surface area contributed by atoms with Gasteiger partial charge in [0.1, 0.15) is 18.0 Å². The van der Waals surface area contributed by atoms with Gasteiger partial charge in [0.15, 0.2) is 0 Å². The van der Waals surface area contributed by atoms with Crippen molar-refractivity contribution < 1.29 is 9.53 Å². The van der Waals surface area contributed by atoms with E-state index in [9.17, 15) is 4.79 Å². The van der Waals surface area contributed by atoms with Gasteiger partial charge in [0.2, 0.25) is 5.88 Å². The quantitative estimate of drug-likeness (QED) is 0.893. The fraction of sp³-hybridized carbons (Fsp3) is 0.333. The second kappa shape index (κ2) is 8.11. The number of hydrogen-bond donors (Lipinski definition) is 2. The number of carbonyl (C=O) groups is 1. The fourth-order valence-corrected chi connectivity index (χ4v) is 2.79. The fourth-order valence-electron chi connectivity index (χ4n) is 2.79. The molecule has 0 saturated heterocycles. The zero-order chi connectivity index (χ0) is 17.5. The number of rotatable bonds is 4. The topological polar surface area (TPSA) is 99.9 Å². The van der Waals surface area contributed by atoms with Crippen molar-refractivity contribution in [2.24, 2.45) is 0 Å². The lowest BCUT2D eigenvalue weighted by Crippen LogP contribution is -2.41. The Morgan fingerprint density at radius 3 is 2.64 bits per heavy atom. The van der Waals surface area contributed by atoms with Gasteiger partial charge in [-0.05, 0) is 43.9 Å². The number of anilines is 1. The van der Waals surface area contributed by atoms with Crippen LogP contribution in [0.15, 0.2) is 42.7 Å². The summed E-state index contributed by atoms with van der Waals surface area (Å²) in [6.45, 7) is 0. The molecule has 1 aliphatic rings. The summed E-state index contributed by atoms with van der Waals surface area (Å²) < 4.78 is 5.84. The number of hydrogen-bond acceptors (Lipinski definition) is 5. The third kappa shape index (κ3) is 4.91.